The number of carbonyl (C=O) groups is 2. The highest BCUT2D eigenvalue weighted by Crippen LogP contribution is 2.27. The van der Waals surface area contributed by atoms with Gasteiger partial charge in [0.1, 0.15) is 0 Å². The number of nitrogens with zero attached hydrogens (tertiary/aromatic N) is 3. The molecule has 0 saturated heterocycles. The summed E-state index contributed by atoms with van der Waals surface area (Å²) in [5.41, 5.74) is 4.79. The second kappa shape index (κ2) is 9.13. The van der Waals surface area contributed by atoms with Gasteiger partial charge in [-0.2, -0.15) is 0 Å². The van der Waals surface area contributed by atoms with E-state index in [1.807, 2.05) is 74.9 Å². The Hall–Kier alpha value is -3.13. The highest BCUT2D eigenvalue weighted by atomic mass is 32.2. The van der Waals surface area contributed by atoms with Gasteiger partial charge in [0.2, 0.25) is 5.91 Å². The maximum Gasteiger partial charge on any atom is 0.325 e. The van der Waals surface area contributed by atoms with Crippen LogP contribution in [-0.4, -0.2) is 32.0 Å². The van der Waals surface area contributed by atoms with Gasteiger partial charge in [0.15, 0.2) is 11.0 Å². The van der Waals surface area contributed by atoms with Crippen LogP contribution in [0.1, 0.15) is 23.6 Å². The van der Waals surface area contributed by atoms with Crippen LogP contribution in [0.3, 0.4) is 0 Å². The molecule has 3 amide bonds. The van der Waals surface area contributed by atoms with Crippen molar-refractivity contribution in [3.8, 4) is 11.4 Å². The number of anilines is 1. The van der Waals surface area contributed by atoms with Crippen LogP contribution >= 0.6 is 11.8 Å². The molecular formula is C22H25N5O2S. The number of urea groups is 1. The monoisotopic (exact) mass is 423 g/mol. The van der Waals surface area contributed by atoms with Crippen molar-refractivity contribution in [2.45, 2.75) is 38.1 Å². The fourth-order valence-corrected chi connectivity index (χ4v) is 3.82. The molecule has 8 heteroatoms. The number of nitrogens with one attached hydrogen (secondary N) is 2. The summed E-state index contributed by atoms with van der Waals surface area (Å²) in [7, 11) is 1.86. The minimum Gasteiger partial charge on any atom is -0.307 e. The molecule has 0 bridgehead atoms. The molecule has 0 aliphatic rings. The van der Waals surface area contributed by atoms with E-state index in [9.17, 15) is 9.59 Å². The quantitative estimate of drug-likeness (QED) is 0.599. The first kappa shape index (κ1) is 21.6. The predicted molar refractivity (Wildman–Crippen MR) is 120 cm³/mol. The van der Waals surface area contributed by atoms with E-state index in [0.717, 1.165) is 28.1 Å². The first-order valence-corrected chi connectivity index (χ1v) is 10.5. The largest absolute Gasteiger partial charge is 0.325 e. The fourth-order valence-electron chi connectivity index (χ4n) is 3.01. The van der Waals surface area contributed by atoms with Crippen LogP contribution in [0.4, 0.5) is 10.5 Å². The first-order chi connectivity index (χ1) is 14.3. The number of thioether (sulfide) groups is 1. The molecule has 2 N–H and O–H groups in total. The number of aromatic nitrogens is 3. The van der Waals surface area contributed by atoms with Gasteiger partial charge in [0.05, 0.1) is 5.25 Å². The zero-order valence-corrected chi connectivity index (χ0v) is 18.5. The molecule has 0 fully saturated rings. The highest BCUT2D eigenvalue weighted by Gasteiger charge is 2.21. The second-order valence-corrected chi connectivity index (χ2v) is 8.51. The molecule has 1 aromatic heterocycles. The van der Waals surface area contributed by atoms with E-state index < -0.39 is 17.2 Å². The summed E-state index contributed by atoms with van der Waals surface area (Å²) >= 11 is 1.25. The number of aryl methyl sites for hydroxylation is 3. The Morgan fingerprint density at radius 3 is 2.47 bits per heavy atom. The van der Waals surface area contributed by atoms with E-state index in [1.165, 1.54) is 11.8 Å². The van der Waals surface area contributed by atoms with E-state index in [1.54, 1.807) is 6.92 Å². The van der Waals surface area contributed by atoms with Crippen LogP contribution in [0.25, 0.3) is 11.4 Å². The summed E-state index contributed by atoms with van der Waals surface area (Å²) in [5.74, 6) is 0.332. The molecule has 156 valence electrons. The number of imide groups is 1. The molecule has 0 aliphatic carbocycles. The molecule has 3 rings (SSSR count). The van der Waals surface area contributed by atoms with Gasteiger partial charge < -0.3 is 9.88 Å². The summed E-state index contributed by atoms with van der Waals surface area (Å²) in [5, 5.41) is 13.7. The Kier molecular flexibility index (Phi) is 6.56. The van der Waals surface area contributed by atoms with Crippen molar-refractivity contribution in [1.82, 2.24) is 20.1 Å². The minimum atomic E-state index is -0.557. The fraction of sp³-hybridized carbons (Fsp3) is 0.273. The van der Waals surface area contributed by atoms with Gasteiger partial charge in [0.25, 0.3) is 0 Å². The van der Waals surface area contributed by atoms with E-state index in [0.29, 0.717) is 10.8 Å². The van der Waals surface area contributed by atoms with Crippen LogP contribution in [-0.2, 0) is 11.8 Å². The number of amides is 3. The summed E-state index contributed by atoms with van der Waals surface area (Å²) in [6.45, 7) is 7.63. The Labute approximate surface area is 180 Å². The Bertz CT molecular complexity index is 1090. The molecule has 2 aromatic carbocycles. The lowest BCUT2D eigenvalue weighted by molar-refractivity contribution is -0.119. The molecule has 3 aromatic rings. The maximum atomic E-state index is 12.5. The van der Waals surface area contributed by atoms with Crippen molar-refractivity contribution < 1.29 is 9.59 Å². The van der Waals surface area contributed by atoms with Crippen LogP contribution in [0.5, 0.6) is 0 Å². The average Bonchev–Trinajstić information content (AvgIpc) is 3.04. The van der Waals surface area contributed by atoms with Crippen LogP contribution in [0, 0.1) is 20.8 Å². The highest BCUT2D eigenvalue weighted by molar-refractivity contribution is 8.00. The summed E-state index contributed by atoms with van der Waals surface area (Å²) in [4.78, 5) is 24.7. The minimum absolute atomic E-state index is 0.400. The number of benzene rings is 2. The van der Waals surface area contributed by atoms with Gasteiger partial charge >= 0.3 is 6.03 Å². The molecule has 1 heterocycles. The number of hydrogen-bond acceptors (Lipinski definition) is 5. The Morgan fingerprint density at radius 2 is 1.77 bits per heavy atom. The third-order valence-electron chi connectivity index (χ3n) is 4.74. The topological polar surface area (TPSA) is 88.9 Å². The van der Waals surface area contributed by atoms with Crippen molar-refractivity contribution in [2.75, 3.05) is 5.32 Å². The molecule has 1 atom stereocenters. The van der Waals surface area contributed by atoms with Crippen molar-refractivity contribution in [3.63, 3.8) is 0 Å². The van der Waals surface area contributed by atoms with Gasteiger partial charge in [-0.05, 0) is 44.9 Å². The summed E-state index contributed by atoms with van der Waals surface area (Å²) in [6, 6.07) is 13.1. The SMILES string of the molecule is Cc1ccc(NC(=O)NC(=O)C(C)Sc2nnc(-c3ccccc3C)n2C)c(C)c1. The predicted octanol–water partition coefficient (Wildman–Crippen LogP) is 4.24. The van der Waals surface area contributed by atoms with Crippen LogP contribution in [0.15, 0.2) is 47.6 Å². The molecule has 7 nitrogen and oxygen atoms in total. The van der Waals surface area contributed by atoms with Gasteiger partial charge in [-0.1, -0.05) is 53.7 Å². The zero-order valence-electron chi connectivity index (χ0n) is 17.7. The lowest BCUT2D eigenvalue weighted by Gasteiger charge is -2.13. The molecule has 0 aliphatic heterocycles. The normalized spacial score (nSPS) is 11.8. The van der Waals surface area contributed by atoms with Gasteiger partial charge in [-0.3, -0.25) is 10.1 Å². The molecular weight excluding hydrogens is 398 g/mol. The number of carbonyl (C=O) groups excluding carboxylic acids is 2. The molecule has 0 radical (unpaired) electrons. The Morgan fingerprint density at radius 1 is 1.03 bits per heavy atom. The van der Waals surface area contributed by atoms with Crippen molar-refractivity contribution in [2.24, 2.45) is 7.05 Å². The van der Waals surface area contributed by atoms with E-state index >= 15 is 0 Å². The van der Waals surface area contributed by atoms with E-state index in [-0.39, 0.29) is 0 Å². The van der Waals surface area contributed by atoms with Gasteiger partial charge in [-0.25, -0.2) is 4.79 Å². The van der Waals surface area contributed by atoms with Gasteiger partial charge in [-0.15, -0.1) is 10.2 Å². The third kappa shape index (κ3) is 4.88. The lowest BCUT2D eigenvalue weighted by atomic mass is 10.1. The average molecular weight is 424 g/mol. The first-order valence-electron chi connectivity index (χ1n) is 9.57. The molecule has 0 spiro atoms. The zero-order chi connectivity index (χ0) is 21.8. The summed E-state index contributed by atoms with van der Waals surface area (Å²) < 4.78 is 1.85. The molecule has 30 heavy (non-hydrogen) atoms. The number of rotatable bonds is 5. The van der Waals surface area contributed by atoms with Crippen molar-refractivity contribution >= 4 is 29.4 Å². The van der Waals surface area contributed by atoms with E-state index in [2.05, 4.69) is 20.8 Å². The van der Waals surface area contributed by atoms with E-state index in [4.69, 9.17) is 0 Å². The Balaban J connectivity index is 1.63. The lowest BCUT2D eigenvalue weighted by Crippen LogP contribution is -2.39. The molecule has 0 saturated carbocycles. The smallest absolute Gasteiger partial charge is 0.307 e. The van der Waals surface area contributed by atoms with Crippen molar-refractivity contribution in [1.29, 1.82) is 0 Å². The second-order valence-electron chi connectivity index (χ2n) is 7.20. The third-order valence-corrected chi connectivity index (χ3v) is 5.87. The number of hydrogen-bond donors (Lipinski definition) is 2. The summed E-state index contributed by atoms with van der Waals surface area (Å²) in [6.07, 6.45) is 0. The standard InChI is InChI=1S/C22H25N5O2S/c1-13-10-11-18(15(3)12-13)23-21(29)24-20(28)16(4)30-22-26-25-19(27(22)5)17-9-7-6-8-14(17)2/h6-12,16H,1-5H3,(H2,23,24,28,29). The van der Waals surface area contributed by atoms with Crippen LogP contribution < -0.4 is 10.6 Å². The van der Waals surface area contributed by atoms with Gasteiger partial charge in [0, 0.05) is 18.3 Å². The van der Waals surface area contributed by atoms with Crippen molar-refractivity contribution in [3.05, 3.63) is 59.2 Å². The molecule has 1 unspecified atom stereocenters. The van der Waals surface area contributed by atoms with Crippen LogP contribution in [0.2, 0.25) is 0 Å². The maximum absolute atomic E-state index is 12.5.